The Morgan fingerprint density at radius 3 is 2.68 bits per heavy atom. The van der Waals surface area contributed by atoms with E-state index in [-0.39, 0.29) is 17.1 Å². The van der Waals surface area contributed by atoms with Crippen molar-refractivity contribution in [1.29, 1.82) is 0 Å². The van der Waals surface area contributed by atoms with Crippen molar-refractivity contribution in [3.05, 3.63) is 56.6 Å². The number of hydrogen-bond acceptors (Lipinski definition) is 3. The molecular weight excluding hydrogens is 337 g/mol. The van der Waals surface area contributed by atoms with Crippen LogP contribution in [-0.2, 0) is 12.6 Å². The first-order valence-electron chi connectivity index (χ1n) is 6.12. The number of pyridine rings is 2. The van der Waals surface area contributed by atoms with Gasteiger partial charge in [-0.15, -0.1) is 0 Å². The standard InChI is InChI=1S/C14H10ClF3N2OS/c1-7-2-8(13(22)20-5-7)3-11(21)12-10(15)4-9(6-19-12)14(16,17)18/h2,4-6H,3H2,1H3,(H,20,22). The maximum absolute atomic E-state index is 12.5. The largest absolute Gasteiger partial charge is 0.417 e. The van der Waals surface area contributed by atoms with Gasteiger partial charge < -0.3 is 4.98 Å². The van der Waals surface area contributed by atoms with Gasteiger partial charge in [-0.05, 0) is 24.1 Å². The predicted molar refractivity (Wildman–Crippen MR) is 78.6 cm³/mol. The highest BCUT2D eigenvalue weighted by molar-refractivity contribution is 7.71. The first kappa shape index (κ1) is 16.6. The van der Waals surface area contributed by atoms with Crippen molar-refractivity contribution >= 4 is 29.6 Å². The number of rotatable bonds is 3. The predicted octanol–water partition coefficient (Wildman–Crippen LogP) is 4.55. The Hall–Kier alpha value is -1.73. The van der Waals surface area contributed by atoms with Crippen molar-refractivity contribution in [2.24, 2.45) is 0 Å². The molecule has 0 amide bonds. The van der Waals surface area contributed by atoms with Crippen LogP contribution in [0.25, 0.3) is 0 Å². The molecule has 0 aromatic carbocycles. The minimum atomic E-state index is -4.56. The highest BCUT2D eigenvalue weighted by atomic mass is 35.5. The normalized spacial score (nSPS) is 11.5. The zero-order chi connectivity index (χ0) is 16.5. The Morgan fingerprint density at radius 1 is 1.41 bits per heavy atom. The van der Waals surface area contributed by atoms with Crippen LogP contribution < -0.4 is 0 Å². The topological polar surface area (TPSA) is 45.8 Å². The summed E-state index contributed by atoms with van der Waals surface area (Å²) in [4.78, 5) is 18.5. The van der Waals surface area contributed by atoms with Crippen LogP contribution in [0, 0.1) is 11.6 Å². The Labute approximate surface area is 134 Å². The lowest BCUT2D eigenvalue weighted by Gasteiger charge is -2.09. The smallest absolute Gasteiger partial charge is 0.352 e. The summed E-state index contributed by atoms with van der Waals surface area (Å²) < 4.78 is 38.0. The number of nitrogens with one attached hydrogen (secondary N) is 1. The van der Waals surface area contributed by atoms with Crippen molar-refractivity contribution in [3.63, 3.8) is 0 Å². The van der Waals surface area contributed by atoms with E-state index in [0.717, 1.165) is 5.56 Å². The van der Waals surface area contributed by atoms with Crippen molar-refractivity contribution in [2.45, 2.75) is 19.5 Å². The number of aromatic nitrogens is 2. The Balaban J connectivity index is 2.31. The Bertz CT molecular complexity index is 786. The van der Waals surface area contributed by atoms with Crippen LogP contribution in [0.2, 0.25) is 5.02 Å². The van der Waals surface area contributed by atoms with Gasteiger partial charge in [0.25, 0.3) is 0 Å². The summed E-state index contributed by atoms with van der Waals surface area (Å²) in [5.41, 5.74) is 0.244. The molecule has 0 saturated heterocycles. The average molecular weight is 347 g/mol. The number of aromatic amines is 1. The van der Waals surface area contributed by atoms with Gasteiger partial charge in [-0.3, -0.25) is 9.78 Å². The molecule has 0 fully saturated rings. The summed E-state index contributed by atoms with van der Waals surface area (Å²) in [6.45, 7) is 1.82. The second-order valence-electron chi connectivity index (χ2n) is 4.68. The quantitative estimate of drug-likeness (QED) is 0.655. The second-order valence-corrected chi connectivity index (χ2v) is 5.50. The van der Waals surface area contributed by atoms with E-state index in [4.69, 9.17) is 23.8 Å². The number of carbonyl (C=O) groups excluding carboxylic acids is 1. The molecule has 0 aliphatic heterocycles. The molecule has 0 aliphatic carbocycles. The number of hydrogen-bond donors (Lipinski definition) is 1. The third-order valence-corrected chi connectivity index (χ3v) is 3.58. The van der Waals surface area contributed by atoms with E-state index in [1.165, 1.54) is 0 Å². The summed E-state index contributed by atoms with van der Waals surface area (Å²) in [5, 5.41) is -0.331. The van der Waals surface area contributed by atoms with Crippen LogP contribution in [-0.4, -0.2) is 15.8 Å². The number of ketones is 1. The zero-order valence-corrected chi connectivity index (χ0v) is 12.9. The molecule has 0 unspecified atom stereocenters. The van der Waals surface area contributed by atoms with E-state index in [0.29, 0.717) is 22.5 Å². The molecule has 0 radical (unpaired) electrons. The van der Waals surface area contributed by atoms with Gasteiger partial charge in [-0.25, -0.2) is 0 Å². The molecule has 2 heterocycles. The van der Waals surface area contributed by atoms with Gasteiger partial charge in [0.2, 0.25) is 0 Å². The molecule has 2 aromatic rings. The number of nitrogens with zero attached hydrogens (tertiary/aromatic N) is 1. The van der Waals surface area contributed by atoms with Gasteiger partial charge in [-0.1, -0.05) is 29.9 Å². The van der Waals surface area contributed by atoms with Gasteiger partial charge in [-0.2, -0.15) is 13.2 Å². The van der Waals surface area contributed by atoms with Crippen molar-refractivity contribution in [3.8, 4) is 0 Å². The molecule has 3 nitrogen and oxygen atoms in total. The first-order valence-corrected chi connectivity index (χ1v) is 6.91. The molecule has 0 saturated carbocycles. The number of Topliss-reactive ketones (excluding diaryl/α,β-unsaturated/α-hetero) is 1. The van der Waals surface area contributed by atoms with Crippen LogP contribution in [0.4, 0.5) is 13.2 Å². The molecule has 2 rings (SSSR count). The number of halogens is 4. The highest BCUT2D eigenvalue weighted by Gasteiger charge is 2.32. The maximum Gasteiger partial charge on any atom is 0.417 e. The molecular formula is C14H10ClF3N2OS. The fraction of sp³-hybridized carbons (Fsp3) is 0.214. The Morgan fingerprint density at radius 2 is 2.09 bits per heavy atom. The van der Waals surface area contributed by atoms with E-state index in [2.05, 4.69) is 9.97 Å². The molecule has 8 heteroatoms. The van der Waals surface area contributed by atoms with E-state index in [9.17, 15) is 18.0 Å². The monoisotopic (exact) mass is 346 g/mol. The fourth-order valence-corrected chi connectivity index (χ4v) is 2.30. The molecule has 0 aliphatic rings. The van der Waals surface area contributed by atoms with E-state index < -0.39 is 17.5 Å². The van der Waals surface area contributed by atoms with E-state index >= 15 is 0 Å². The van der Waals surface area contributed by atoms with E-state index in [1.54, 1.807) is 12.3 Å². The van der Waals surface area contributed by atoms with Gasteiger partial charge in [0.1, 0.15) is 10.3 Å². The third-order valence-electron chi connectivity index (χ3n) is 2.91. The molecule has 2 aromatic heterocycles. The Kier molecular flexibility index (Phi) is 4.67. The van der Waals surface area contributed by atoms with Crippen LogP contribution in [0.3, 0.4) is 0 Å². The van der Waals surface area contributed by atoms with Crippen molar-refractivity contribution < 1.29 is 18.0 Å². The van der Waals surface area contributed by atoms with Gasteiger partial charge in [0, 0.05) is 18.8 Å². The molecule has 1 N–H and O–H groups in total. The third kappa shape index (κ3) is 3.72. The zero-order valence-electron chi connectivity index (χ0n) is 11.3. The lowest BCUT2D eigenvalue weighted by atomic mass is 10.1. The average Bonchev–Trinajstić information content (AvgIpc) is 2.41. The van der Waals surface area contributed by atoms with Crippen LogP contribution in [0.1, 0.15) is 27.2 Å². The van der Waals surface area contributed by atoms with E-state index in [1.807, 2.05) is 6.92 Å². The molecule has 116 valence electrons. The summed E-state index contributed by atoms with van der Waals surface area (Å²) in [5.74, 6) is -0.496. The second kappa shape index (κ2) is 6.18. The summed E-state index contributed by atoms with van der Waals surface area (Å²) in [7, 11) is 0. The minimum absolute atomic E-state index is 0.0882. The van der Waals surface area contributed by atoms with Crippen LogP contribution >= 0.6 is 23.8 Å². The first-order chi connectivity index (χ1) is 10.2. The molecule has 22 heavy (non-hydrogen) atoms. The SMILES string of the molecule is Cc1c[nH]c(=S)c(CC(=O)c2ncc(C(F)(F)F)cc2Cl)c1. The summed E-state index contributed by atoms with van der Waals surface area (Å²) >= 11 is 10.8. The lowest BCUT2D eigenvalue weighted by molar-refractivity contribution is -0.137. The van der Waals surface area contributed by atoms with Gasteiger partial charge in [0.05, 0.1) is 10.6 Å². The number of carbonyl (C=O) groups is 1. The molecule has 0 spiro atoms. The highest BCUT2D eigenvalue weighted by Crippen LogP contribution is 2.31. The number of H-pyrrole nitrogens is 1. The van der Waals surface area contributed by atoms with Crippen LogP contribution in [0.15, 0.2) is 24.5 Å². The maximum atomic E-state index is 12.5. The summed E-state index contributed by atoms with van der Waals surface area (Å²) in [6.07, 6.45) is -2.36. The van der Waals surface area contributed by atoms with Crippen molar-refractivity contribution in [1.82, 2.24) is 9.97 Å². The summed E-state index contributed by atoms with van der Waals surface area (Å²) in [6, 6.07) is 2.42. The molecule has 0 bridgehead atoms. The minimum Gasteiger partial charge on any atom is -0.352 e. The van der Waals surface area contributed by atoms with Gasteiger partial charge >= 0.3 is 6.18 Å². The van der Waals surface area contributed by atoms with Crippen LogP contribution in [0.5, 0.6) is 0 Å². The fourth-order valence-electron chi connectivity index (χ4n) is 1.84. The number of aryl methyl sites for hydroxylation is 1. The number of alkyl halides is 3. The molecule has 0 atom stereocenters. The van der Waals surface area contributed by atoms with Crippen molar-refractivity contribution in [2.75, 3.05) is 0 Å². The lowest BCUT2D eigenvalue weighted by Crippen LogP contribution is -2.11. The van der Waals surface area contributed by atoms with Gasteiger partial charge in [0.15, 0.2) is 5.78 Å².